The monoisotopic (exact) mass is 326 g/mol. The lowest BCUT2D eigenvalue weighted by Crippen LogP contribution is -2.35. The average Bonchev–Trinajstić information content (AvgIpc) is 3.32. The summed E-state index contributed by atoms with van der Waals surface area (Å²) in [6.45, 7) is 7.58. The van der Waals surface area contributed by atoms with E-state index in [0.29, 0.717) is 5.92 Å². The van der Waals surface area contributed by atoms with Crippen LogP contribution in [0.4, 0.5) is 0 Å². The number of pyridine rings is 1. The van der Waals surface area contributed by atoms with E-state index in [0.717, 1.165) is 51.0 Å². The van der Waals surface area contributed by atoms with Crippen LogP contribution in [0.2, 0.25) is 0 Å². The summed E-state index contributed by atoms with van der Waals surface area (Å²) in [6, 6.07) is 6.12. The number of hydrogen-bond donors (Lipinski definition) is 0. The van der Waals surface area contributed by atoms with Gasteiger partial charge in [0, 0.05) is 56.7 Å². The third-order valence-corrected chi connectivity index (χ3v) is 4.97. The van der Waals surface area contributed by atoms with E-state index in [2.05, 4.69) is 39.8 Å². The highest BCUT2D eigenvalue weighted by atomic mass is 16.5. The Bertz CT molecular complexity index is 665. The molecule has 0 unspecified atom stereocenters. The van der Waals surface area contributed by atoms with Crippen molar-refractivity contribution in [2.24, 2.45) is 5.92 Å². The first-order chi connectivity index (χ1) is 11.8. The van der Waals surface area contributed by atoms with Gasteiger partial charge >= 0.3 is 0 Å². The molecule has 1 atom stereocenters. The Hall–Kier alpha value is -1.72. The third-order valence-electron chi connectivity index (χ3n) is 4.97. The third kappa shape index (κ3) is 3.68. The molecule has 3 heterocycles. The van der Waals surface area contributed by atoms with Gasteiger partial charge in [-0.05, 0) is 37.8 Å². The highest BCUT2D eigenvalue weighted by Crippen LogP contribution is 2.31. The van der Waals surface area contributed by atoms with Gasteiger partial charge < -0.3 is 4.74 Å². The van der Waals surface area contributed by atoms with Crippen molar-refractivity contribution in [3.8, 4) is 0 Å². The molecule has 128 valence electrons. The molecule has 0 spiro atoms. The van der Waals surface area contributed by atoms with Gasteiger partial charge in [0.1, 0.15) is 0 Å². The van der Waals surface area contributed by atoms with Gasteiger partial charge in [-0.1, -0.05) is 6.07 Å². The van der Waals surface area contributed by atoms with E-state index in [1.54, 1.807) is 0 Å². The largest absolute Gasteiger partial charge is 0.380 e. The molecule has 0 aromatic carbocycles. The van der Waals surface area contributed by atoms with Crippen molar-refractivity contribution in [3.05, 3.63) is 47.5 Å². The van der Waals surface area contributed by atoms with E-state index in [1.165, 1.54) is 24.1 Å². The summed E-state index contributed by atoms with van der Waals surface area (Å²) < 4.78 is 8.07. The molecule has 0 N–H and O–H groups in total. The maximum atomic E-state index is 6.02. The van der Waals surface area contributed by atoms with E-state index in [-0.39, 0.29) is 0 Å². The first kappa shape index (κ1) is 15.8. The van der Waals surface area contributed by atoms with Crippen molar-refractivity contribution in [1.29, 1.82) is 0 Å². The molecule has 0 saturated heterocycles. The molecule has 5 heteroatoms. The number of ether oxygens (including phenoxy) is 1. The van der Waals surface area contributed by atoms with Gasteiger partial charge in [0.15, 0.2) is 0 Å². The fourth-order valence-corrected chi connectivity index (χ4v) is 3.43. The molecule has 1 aliphatic carbocycles. The Labute approximate surface area is 143 Å². The summed E-state index contributed by atoms with van der Waals surface area (Å²) >= 11 is 0. The van der Waals surface area contributed by atoms with Crippen LogP contribution in [0.3, 0.4) is 0 Å². The Morgan fingerprint density at radius 3 is 2.92 bits per heavy atom. The van der Waals surface area contributed by atoms with Crippen molar-refractivity contribution >= 4 is 0 Å². The standard InChI is InChI=1S/C19H26N4O/c1-2-23-11-18-16(14-24-13-15-6-7-15)9-22(12-19(18)21-23)10-17-5-3-4-8-20-17/h3-5,8,11,15-16H,2,6-7,9-10,12-14H2,1H3/t16-/m0/s1. The number of aryl methyl sites for hydroxylation is 1. The number of rotatable bonds is 7. The molecule has 1 aliphatic heterocycles. The second kappa shape index (κ2) is 7.03. The van der Waals surface area contributed by atoms with Crippen molar-refractivity contribution in [1.82, 2.24) is 19.7 Å². The van der Waals surface area contributed by atoms with Crippen molar-refractivity contribution in [2.45, 2.75) is 45.3 Å². The van der Waals surface area contributed by atoms with Gasteiger partial charge in [0.2, 0.25) is 0 Å². The Morgan fingerprint density at radius 2 is 2.17 bits per heavy atom. The van der Waals surface area contributed by atoms with E-state index in [9.17, 15) is 0 Å². The van der Waals surface area contributed by atoms with Crippen LogP contribution in [0.5, 0.6) is 0 Å². The summed E-state index contributed by atoms with van der Waals surface area (Å²) in [4.78, 5) is 6.92. The molecule has 2 aromatic heterocycles. The first-order valence-electron chi connectivity index (χ1n) is 9.08. The molecule has 4 rings (SSSR count). The second-order valence-corrected chi connectivity index (χ2v) is 7.06. The molecule has 0 bridgehead atoms. The maximum absolute atomic E-state index is 6.02. The highest BCUT2D eigenvalue weighted by Gasteiger charge is 2.29. The number of hydrogen-bond acceptors (Lipinski definition) is 4. The fraction of sp³-hybridized carbons (Fsp3) is 0.579. The predicted molar refractivity (Wildman–Crippen MR) is 92.5 cm³/mol. The lowest BCUT2D eigenvalue weighted by molar-refractivity contribution is 0.0887. The van der Waals surface area contributed by atoms with Crippen LogP contribution in [-0.2, 0) is 24.4 Å². The first-order valence-corrected chi connectivity index (χ1v) is 9.08. The van der Waals surface area contributed by atoms with Crippen molar-refractivity contribution in [3.63, 3.8) is 0 Å². The van der Waals surface area contributed by atoms with Gasteiger partial charge in [-0.15, -0.1) is 0 Å². The molecular weight excluding hydrogens is 300 g/mol. The van der Waals surface area contributed by atoms with Gasteiger partial charge in [0.25, 0.3) is 0 Å². The molecular formula is C19H26N4O. The molecule has 2 aliphatic rings. The molecule has 0 radical (unpaired) electrons. The minimum Gasteiger partial charge on any atom is -0.380 e. The number of aromatic nitrogens is 3. The minimum atomic E-state index is 0.413. The van der Waals surface area contributed by atoms with Crippen LogP contribution in [-0.4, -0.2) is 39.4 Å². The Morgan fingerprint density at radius 1 is 1.25 bits per heavy atom. The van der Waals surface area contributed by atoms with Crippen LogP contribution in [0.1, 0.15) is 42.6 Å². The summed E-state index contributed by atoms with van der Waals surface area (Å²) in [5.41, 5.74) is 3.71. The van der Waals surface area contributed by atoms with Gasteiger partial charge in [0.05, 0.1) is 18.0 Å². The normalized spacial score (nSPS) is 21.0. The smallest absolute Gasteiger partial charge is 0.0801 e. The summed E-state index contributed by atoms with van der Waals surface area (Å²) in [6.07, 6.45) is 6.77. The molecule has 0 amide bonds. The van der Waals surface area contributed by atoms with E-state index in [1.807, 2.05) is 12.3 Å². The van der Waals surface area contributed by atoms with E-state index < -0.39 is 0 Å². The quantitative estimate of drug-likeness (QED) is 0.785. The highest BCUT2D eigenvalue weighted by molar-refractivity contribution is 5.25. The van der Waals surface area contributed by atoms with Crippen LogP contribution < -0.4 is 0 Å². The number of fused-ring (bicyclic) bond motifs is 1. The average molecular weight is 326 g/mol. The summed E-state index contributed by atoms with van der Waals surface area (Å²) in [7, 11) is 0. The fourth-order valence-electron chi connectivity index (χ4n) is 3.43. The lowest BCUT2D eigenvalue weighted by Gasteiger charge is -2.31. The Kier molecular flexibility index (Phi) is 4.63. The van der Waals surface area contributed by atoms with Crippen LogP contribution in [0.15, 0.2) is 30.6 Å². The van der Waals surface area contributed by atoms with Crippen molar-refractivity contribution < 1.29 is 4.74 Å². The SMILES string of the molecule is CCn1cc2c(n1)CN(Cc1ccccn1)C[C@H]2COCC1CC1. The molecule has 1 saturated carbocycles. The zero-order chi connectivity index (χ0) is 16.4. The second-order valence-electron chi connectivity index (χ2n) is 7.06. The van der Waals surface area contributed by atoms with E-state index in [4.69, 9.17) is 9.84 Å². The minimum absolute atomic E-state index is 0.413. The molecule has 1 fully saturated rings. The Balaban J connectivity index is 1.47. The maximum Gasteiger partial charge on any atom is 0.0801 e. The summed E-state index contributed by atoms with van der Waals surface area (Å²) in [5, 5.41) is 4.77. The number of nitrogens with zero attached hydrogens (tertiary/aromatic N) is 4. The van der Waals surface area contributed by atoms with E-state index >= 15 is 0 Å². The topological polar surface area (TPSA) is 43.2 Å². The zero-order valence-corrected chi connectivity index (χ0v) is 14.4. The molecule has 24 heavy (non-hydrogen) atoms. The van der Waals surface area contributed by atoms with Gasteiger partial charge in [-0.3, -0.25) is 14.6 Å². The zero-order valence-electron chi connectivity index (χ0n) is 14.4. The van der Waals surface area contributed by atoms with Gasteiger partial charge in [-0.25, -0.2) is 0 Å². The predicted octanol–water partition coefficient (Wildman–Crippen LogP) is 2.82. The van der Waals surface area contributed by atoms with Crippen LogP contribution >= 0.6 is 0 Å². The van der Waals surface area contributed by atoms with Crippen molar-refractivity contribution in [2.75, 3.05) is 19.8 Å². The van der Waals surface area contributed by atoms with Crippen LogP contribution in [0.25, 0.3) is 0 Å². The van der Waals surface area contributed by atoms with Gasteiger partial charge in [-0.2, -0.15) is 5.10 Å². The summed E-state index contributed by atoms with van der Waals surface area (Å²) in [5.74, 6) is 1.23. The molecule has 5 nitrogen and oxygen atoms in total. The van der Waals surface area contributed by atoms with Crippen LogP contribution in [0, 0.1) is 5.92 Å². The molecule has 2 aromatic rings. The lowest BCUT2D eigenvalue weighted by atomic mass is 9.95.